The van der Waals surface area contributed by atoms with Gasteiger partial charge in [0.1, 0.15) is 0 Å². The van der Waals surface area contributed by atoms with Gasteiger partial charge in [-0.1, -0.05) is 44.9 Å². The Morgan fingerprint density at radius 2 is 2.00 bits per heavy atom. The van der Waals surface area contributed by atoms with E-state index < -0.39 is 0 Å². The molecule has 0 saturated heterocycles. The van der Waals surface area contributed by atoms with Crippen LogP contribution in [0.15, 0.2) is 24.3 Å². The summed E-state index contributed by atoms with van der Waals surface area (Å²) in [7, 11) is 1.99. The third-order valence-electron chi connectivity index (χ3n) is 4.52. The number of aliphatic hydroxyl groups excluding tert-OH is 1. The van der Waals surface area contributed by atoms with E-state index in [0.29, 0.717) is 0 Å². The van der Waals surface area contributed by atoms with Gasteiger partial charge >= 0.3 is 0 Å². The zero-order chi connectivity index (χ0) is 14.6. The Labute approximate surface area is 121 Å². The highest BCUT2D eigenvalue weighted by Crippen LogP contribution is 2.34. The highest BCUT2D eigenvalue weighted by molar-refractivity contribution is 5.81. The molecule has 0 fully saturated rings. The number of para-hydroxylation sites is 1. The van der Waals surface area contributed by atoms with Crippen LogP contribution in [0, 0.1) is 5.41 Å². The van der Waals surface area contributed by atoms with Crippen molar-refractivity contribution in [3.63, 3.8) is 0 Å². The number of nitrogens with zero attached hydrogens (tertiary/aromatic N) is 2. The minimum absolute atomic E-state index is 0.0207. The number of rotatable bonds is 7. The van der Waals surface area contributed by atoms with Gasteiger partial charge in [-0.05, 0) is 30.7 Å². The molecule has 1 heterocycles. The Hall–Kier alpha value is -1.35. The molecular weight excluding hydrogens is 248 g/mol. The van der Waals surface area contributed by atoms with Crippen molar-refractivity contribution in [3.8, 4) is 0 Å². The summed E-state index contributed by atoms with van der Waals surface area (Å²) in [5, 5.41) is 15.8. The monoisotopic (exact) mass is 274 g/mol. The van der Waals surface area contributed by atoms with E-state index in [-0.39, 0.29) is 12.0 Å². The van der Waals surface area contributed by atoms with Crippen LogP contribution in [-0.4, -0.2) is 21.5 Å². The van der Waals surface area contributed by atoms with Gasteiger partial charge < -0.3 is 5.11 Å². The van der Waals surface area contributed by atoms with Gasteiger partial charge in [0.05, 0.1) is 11.2 Å². The molecule has 1 N–H and O–H groups in total. The summed E-state index contributed by atoms with van der Waals surface area (Å²) in [6.45, 7) is 4.62. The van der Waals surface area contributed by atoms with E-state index in [0.717, 1.165) is 25.0 Å². The topological polar surface area (TPSA) is 38.1 Å². The standard InChI is InChI=1S/C17H26N2O/c1-4-6-11-17(5-2,13-20)12-15-14-9-7-8-10-16(14)19(3)18-15/h7-10,20H,4-6,11-13H2,1-3H3. The number of aliphatic hydroxyl groups is 1. The van der Waals surface area contributed by atoms with Crippen molar-refractivity contribution in [3.05, 3.63) is 30.0 Å². The van der Waals surface area contributed by atoms with E-state index in [2.05, 4.69) is 37.1 Å². The lowest BCUT2D eigenvalue weighted by Crippen LogP contribution is -2.28. The fraction of sp³-hybridized carbons (Fsp3) is 0.588. The van der Waals surface area contributed by atoms with Crippen LogP contribution < -0.4 is 0 Å². The van der Waals surface area contributed by atoms with Crippen molar-refractivity contribution < 1.29 is 5.11 Å². The predicted molar refractivity (Wildman–Crippen MR) is 83.8 cm³/mol. The van der Waals surface area contributed by atoms with Gasteiger partial charge in [0.25, 0.3) is 0 Å². The minimum Gasteiger partial charge on any atom is -0.396 e. The normalized spacial score (nSPS) is 14.6. The lowest BCUT2D eigenvalue weighted by atomic mass is 9.77. The second-order valence-electron chi connectivity index (χ2n) is 5.88. The summed E-state index contributed by atoms with van der Waals surface area (Å²) in [4.78, 5) is 0. The average molecular weight is 274 g/mol. The average Bonchev–Trinajstić information content (AvgIpc) is 2.80. The SMILES string of the molecule is CCCCC(CC)(CO)Cc1nn(C)c2ccccc12. The molecule has 1 atom stereocenters. The van der Waals surface area contributed by atoms with E-state index in [9.17, 15) is 5.11 Å². The molecule has 20 heavy (non-hydrogen) atoms. The van der Waals surface area contributed by atoms with Crippen LogP contribution in [-0.2, 0) is 13.5 Å². The number of fused-ring (bicyclic) bond motifs is 1. The molecule has 3 nitrogen and oxygen atoms in total. The van der Waals surface area contributed by atoms with Crippen molar-refractivity contribution in [2.75, 3.05) is 6.61 Å². The fourth-order valence-electron chi connectivity index (χ4n) is 2.96. The Morgan fingerprint density at radius 3 is 2.65 bits per heavy atom. The number of benzene rings is 1. The van der Waals surface area contributed by atoms with Gasteiger partial charge in [-0.3, -0.25) is 4.68 Å². The van der Waals surface area contributed by atoms with Gasteiger partial charge in [-0.25, -0.2) is 0 Å². The summed E-state index contributed by atoms with van der Waals surface area (Å²) >= 11 is 0. The number of aryl methyl sites for hydroxylation is 1. The van der Waals surface area contributed by atoms with Gasteiger partial charge in [-0.15, -0.1) is 0 Å². The molecule has 0 spiro atoms. The molecule has 0 aliphatic rings. The Bertz CT molecular complexity index is 555. The van der Waals surface area contributed by atoms with Crippen LogP contribution in [0.2, 0.25) is 0 Å². The molecule has 2 aromatic rings. The smallest absolute Gasteiger partial charge is 0.0709 e. The van der Waals surface area contributed by atoms with Gasteiger partial charge in [-0.2, -0.15) is 5.10 Å². The molecule has 0 saturated carbocycles. The Kier molecular flexibility index (Phi) is 4.81. The van der Waals surface area contributed by atoms with Crippen molar-refractivity contribution in [2.45, 2.75) is 46.0 Å². The molecule has 1 unspecified atom stereocenters. The van der Waals surface area contributed by atoms with Crippen LogP contribution in [0.25, 0.3) is 10.9 Å². The van der Waals surface area contributed by atoms with Gasteiger partial charge in [0, 0.05) is 19.0 Å². The van der Waals surface area contributed by atoms with Crippen molar-refractivity contribution in [1.29, 1.82) is 0 Å². The van der Waals surface area contributed by atoms with Crippen molar-refractivity contribution in [1.82, 2.24) is 9.78 Å². The molecular formula is C17H26N2O. The third-order valence-corrected chi connectivity index (χ3v) is 4.52. The van der Waals surface area contributed by atoms with Crippen LogP contribution >= 0.6 is 0 Å². The molecule has 1 aromatic carbocycles. The first-order valence-electron chi connectivity index (χ1n) is 7.67. The number of unbranched alkanes of at least 4 members (excludes halogenated alkanes) is 1. The largest absolute Gasteiger partial charge is 0.396 e. The summed E-state index contributed by atoms with van der Waals surface area (Å²) in [6.07, 6.45) is 5.26. The first-order valence-corrected chi connectivity index (χ1v) is 7.67. The summed E-state index contributed by atoms with van der Waals surface area (Å²) in [5.74, 6) is 0. The van der Waals surface area contributed by atoms with E-state index in [1.54, 1.807) is 0 Å². The lowest BCUT2D eigenvalue weighted by molar-refractivity contribution is 0.106. The van der Waals surface area contributed by atoms with E-state index in [1.165, 1.54) is 23.7 Å². The number of aromatic nitrogens is 2. The first kappa shape index (κ1) is 15.0. The van der Waals surface area contributed by atoms with Crippen LogP contribution in [0.1, 0.15) is 45.2 Å². The lowest BCUT2D eigenvalue weighted by Gasteiger charge is -2.30. The first-order chi connectivity index (χ1) is 9.65. The molecule has 0 bridgehead atoms. The summed E-state index contributed by atoms with van der Waals surface area (Å²) in [5.41, 5.74) is 2.27. The van der Waals surface area contributed by atoms with Crippen LogP contribution in [0.5, 0.6) is 0 Å². The maximum atomic E-state index is 9.91. The Balaban J connectivity index is 2.33. The molecule has 1 aromatic heterocycles. The second kappa shape index (κ2) is 6.40. The maximum absolute atomic E-state index is 9.91. The zero-order valence-corrected chi connectivity index (χ0v) is 12.9. The Morgan fingerprint density at radius 1 is 1.25 bits per heavy atom. The summed E-state index contributed by atoms with van der Waals surface area (Å²) < 4.78 is 1.95. The number of hydrogen-bond donors (Lipinski definition) is 1. The fourth-order valence-corrected chi connectivity index (χ4v) is 2.96. The summed E-state index contributed by atoms with van der Waals surface area (Å²) in [6, 6.07) is 8.34. The molecule has 0 amide bonds. The highest BCUT2D eigenvalue weighted by Gasteiger charge is 2.29. The predicted octanol–water partition coefficient (Wildman–Crippen LogP) is 3.69. The molecule has 110 valence electrons. The second-order valence-corrected chi connectivity index (χ2v) is 5.88. The third kappa shape index (κ3) is 2.88. The van der Waals surface area contributed by atoms with E-state index in [1.807, 2.05) is 17.8 Å². The molecule has 0 aliphatic heterocycles. The van der Waals surface area contributed by atoms with Gasteiger partial charge in [0.15, 0.2) is 0 Å². The van der Waals surface area contributed by atoms with Crippen molar-refractivity contribution in [2.24, 2.45) is 12.5 Å². The maximum Gasteiger partial charge on any atom is 0.0709 e. The molecule has 3 heteroatoms. The minimum atomic E-state index is -0.0207. The molecule has 0 radical (unpaired) electrons. The quantitative estimate of drug-likeness (QED) is 0.836. The van der Waals surface area contributed by atoms with Crippen LogP contribution in [0.3, 0.4) is 0 Å². The molecule has 0 aliphatic carbocycles. The van der Waals surface area contributed by atoms with E-state index >= 15 is 0 Å². The van der Waals surface area contributed by atoms with Crippen LogP contribution in [0.4, 0.5) is 0 Å². The number of hydrogen-bond acceptors (Lipinski definition) is 2. The van der Waals surface area contributed by atoms with E-state index in [4.69, 9.17) is 0 Å². The highest BCUT2D eigenvalue weighted by atomic mass is 16.3. The van der Waals surface area contributed by atoms with Crippen molar-refractivity contribution >= 4 is 10.9 Å². The van der Waals surface area contributed by atoms with Gasteiger partial charge in [0.2, 0.25) is 0 Å². The zero-order valence-electron chi connectivity index (χ0n) is 12.9. The molecule has 2 rings (SSSR count).